The van der Waals surface area contributed by atoms with Crippen molar-refractivity contribution in [1.82, 2.24) is 4.90 Å². The van der Waals surface area contributed by atoms with Crippen molar-refractivity contribution in [3.8, 4) is 0 Å². The Morgan fingerprint density at radius 3 is 2.95 bits per heavy atom. The number of anilines is 1. The fourth-order valence-electron chi connectivity index (χ4n) is 3.07. The Morgan fingerprint density at radius 2 is 2.16 bits per heavy atom. The second-order valence-electron chi connectivity index (χ2n) is 6.04. The third kappa shape index (κ3) is 2.34. The number of piperidine rings is 1. The molecule has 0 aromatic heterocycles. The molecule has 3 heteroatoms. The zero-order chi connectivity index (χ0) is 13.4. The first-order valence-electron chi connectivity index (χ1n) is 7.31. The van der Waals surface area contributed by atoms with Gasteiger partial charge in [0.25, 0.3) is 5.91 Å². The van der Waals surface area contributed by atoms with Gasteiger partial charge in [-0.1, -0.05) is 13.8 Å². The standard InChI is InChI=1S/C16H22N2O/c1-11-6-8-18(10-12(11)2)16(19)14-3-4-15-13(9-14)5-7-17-15/h3-4,9,11-12,17H,5-8,10H2,1-2H3. The van der Waals surface area contributed by atoms with E-state index in [9.17, 15) is 4.79 Å². The molecule has 2 atom stereocenters. The highest BCUT2D eigenvalue weighted by Crippen LogP contribution is 2.26. The highest BCUT2D eigenvalue weighted by atomic mass is 16.2. The number of carbonyl (C=O) groups excluding carboxylic acids is 1. The normalized spacial score (nSPS) is 25.9. The van der Waals surface area contributed by atoms with Crippen LogP contribution in [0.4, 0.5) is 5.69 Å². The summed E-state index contributed by atoms with van der Waals surface area (Å²) in [6, 6.07) is 6.08. The van der Waals surface area contributed by atoms with Crippen LogP contribution < -0.4 is 5.32 Å². The first-order chi connectivity index (χ1) is 9.15. The average molecular weight is 258 g/mol. The van der Waals surface area contributed by atoms with Crippen LogP contribution in [0, 0.1) is 11.8 Å². The molecule has 2 aliphatic rings. The van der Waals surface area contributed by atoms with E-state index in [4.69, 9.17) is 0 Å². The van der Waals surface area contributed by atoms with E-state index in [-0.39, 0.29) is 5.91 Å². The minimum absolute atomic E-state index is 0.202. The Bertz CT molecular complexity index is 498. The van der Waals surface area contributed by atoms with Crippen LogP contribution in [0.2, 0.25) is 0 Å². The predicted octanol–water partition coefficient (Wildman–Crippen LogP) is 2.77. The Balaban J connectivity index is 1.77. The monoisotopic (exact) mass is 258 g/mol. The van der Waals surface area contributed by atoms with Crippen molar-refractivity contribution in [3.05, 3.63) is 29.3 Å². The van der Waals surface area contributed by atoms with Gasteiger partial charge in [-0.25, -0.2) is 0 Å². The van der Waals surface area contributed by atoms with E-state index < -0.39 is 0 Å². The highest BCUT2D eigenvalue weighted by Gasteiger charge is 2.27. The molecule has 0 bridgehead atoms. The summed E-state index contributed by atoms with van der Waals surface area (Å²) in [5.74, 6) is 1.54. The zero-order valence-corrected chi connectivity index (χ0v) is 11.8. The van der Waals surface area contributed by atoms with Crippen LogP contribution in [-0.4, -0.2) is 30.4 Å². The zero-order valence-electron chi connectivity index (χ0n) is 11.8. The SMILES string of the molecule is CC1CCN(C(=O)c2ccc3c(c2)CCN3)CC1C. The smallest absolute Gasteiger partial charge is 0.253 e. The molecule has 2 heterocycles. The lowest BCUT2D eigenvalue weighted by Gasteiger charge is -2.35. The second-order valence-corrected chi connectivity index (χ2v) is 6.04. The summed E-state index contributed by atoms with van der Waals surface area (Å²) < 4.78 is 0. The van der Waals surface area contributed by atoms with Crippen molar-refractivity contribution in [1.29, 1.82) is 0 Å². The third-order valence-electron chi connectivity index (χ3n) is 4.68. The van der Waals surface area contributed by atoms with Gasteiger partial charge in [0.2, 0.25) is 0 Å². The molecule has 1 amide bonds. The molecule has 0 saturated carbocycles. The molecule has 0 spiro atoms. The van der Waals surface area contributed by atoms with Gasteiger partial charge >= 0.3 is 0 Å². The van der Waals surface area contributed by atoms with Crippen molar-refractivity contribution in [3.63, 3.8) is 0 Å². The molecule has 0 aliphatic carbocycles. The lowest BCUT2D eigenvalue weighted by Crippen LogP contribution is -2.42. The number of nitrogens with one attached hydrogen (secondary N) is 1. The molecule has 1 aromatic carbocycles. The summed E-state index contributed by atoms with van der Waals surface area (Å²) in [5.41, 5.74) is 3.32. The fourth-order valence-corrected chi connectivity index (χ4v) is 3.07. The average Bonchev–Trinajstić information content (AvgIpc) is 2.88. The largest absolute Gasteiger partial charge is 0.384 e. The Morgan fingerprint density at radius 1 is 1.32 bits per heavy atom. The summed E-state index contributed by atoms with van der Waals surface area (Å²) >= 11 is 0. The van der Waals surface area contributed by atoms with Crippen molar-refractivity contribution < 1.29 is 4.79 Å². The van der Waals surface area contributed by atoms with Crippen LogP contribution in [0.15, 0.2) is 18.2 Å². The Hall–Kier alpha value is -1.51. The molecule has 0 radical (unpaired) electrons. The van der Waals surface area contributed by atoms with E-state index in [1.165, 1.54) is 11.3 Å². The van der Waals surface area contributed by atoms with Crippen molar-refractivity contribution in [2.24, 2.45) is 11.8 Å². The number of carbonyl (C=O) groups is 1. The Kier molecular flexibility index (Phi) is 3.21. The maximum absolute atomic E-state index is 12.6. The topological polar surface area (TPSA) is 32.3 Å². The minimum Gasteiger partial charge on any atom is -0.384 e. The van der Waals surface area contributed by atoms with Crippen LogP contribution in [0.25, 0.3) is 0 Å². The summed E-state index contributed by atoms with van der Waals surface area (Å²) in [6.45, 7) is 7.32. The molecule has 1 fully saturated rings. The van der Waals surface area contributed by atoms with Gasteiger partial charge in [0.15, 0.2) is 0 Å². The van der Waals surface area contributed by atoms with E-state index >= 15 is 0 Å². The predicted molar refractivity (Wildman–Crippen MR) is 77.5 cm³/mol. The van der Waals surface area contributed by atoms with Crippen molar-refractivity contribution >= 4 is 11.6 Å². The first-order valence-corrected chi connectivity index (χ1v) is 7.31. The lowest BCUT2D eigenvalue weighted by molar-refractivity contribution is 0.0627. The summed E-state index contributed by atoms with van der Waals surface area (Å²) in [4.78, 5) is 14.6. The first kappa shape index (κ1) is 12.5. The van der Waals surface area contributed by atoms with Crippen molar-refractivity contribution in [2.45, 2.75) is 26.7 Å². The van der Waals surface area contributed by atoms with Crippen molar-refractivity contribution in [2.75, 3.05) is 25.0 Å². The Labute approximate surface area is 115 Å². The molecule has 19 heavy (non-hydrogen) atoms. The van der Waals surface area contributed by atoms with Gasteiger partial charge in [-0.15, -0.1) is 0 Å². The quantitative estimate of drug-likeness (QED) is 0.840. The van der Waals surface area contributed by atoms with Gasteiger partial charge in [0.05, 0.1) is 0 Å². The molecular formula is C16H22N2O. The molecule has 1 N–H and O–H groups in total. The maximum atomic E-state index is 12.6. The molecule has 3 rings (SSSR count). The highest BCUT2D eigenvalue weighted by molar-refractivity contribution is 5.95. The van der Waals surface area contributed by atoms with Crippen LogP contribution >= 0.6 is 0 Å². The van der Waals surface area contributed by atoms with E-state index in [0.29, 0.717) is 5.92 Å². The van der Waals surface area contributed by atoms with E-state index in [1.807, 2.05) is 17.0 Å². The minimum atomic E-state index is 0.202. The molecule has 1 aromatic rings. The van der Waals surface area contributed by atoms with Gasteiger partial charge in [-0.3, -0.25) is 4.79 Å². The maximum Gasteiger partial charge on any atom is 0.253 e. The summed E-state index contributed by atoms with van der Waals surface area (Å²) in [5, 5.41) is 3.33. The van der Waals surface area contributed by atoms with Gasteiger partial charge in [0.1, 0.15) is 0 Å². The van der Waals surface area contributed by atoms with E-state index in [1.54, 1.807) is 0 Å². The van der Waals surface area contributed by atoms with Crippen LogP contribution in [0.5, 0.6) is 0 Å². The van der Waals surface area contributed by atoms with Crippen LogP contribution in [0.1, 0.15) is 36.2 Å². The molecule has 2 aliphatic heterocycles. The molecule has 3 nitrogen and oxygen atoms in total. The molecule has 1 saturated heterocycles. The van der Waals surface area contributed by atoms with Gasteiger partial charge in [0, 0.05) is 30.9 Å². The van der Waals surface area contributed by atoms with Gasteiger partial charge in [-0.2, -0.15) is 0 Å². The number of amides is 1. The number of hydrogen-bond acceptors (Lipinski definition) is 2. The number of hydrogen-bond donors (Lipinski definition) is 1. The van der Waals surface area contributed by atoms with Gasteiger partial charge < -0.3 is 10.2 Å². The second kappa shape index (κ2) is 4.87. The molecular weight excluding hydrogens is 236 g/mol. The number of benzene rings is 1. The summed E-state index contributed by atoms with van der Waals surface area (Å²) in [7, 11) is 0. The van der Waals surface area contributed by atoms with E-state index in [0.717, 1.165) is 44.0 Å². The molecule has 102 valence electrons. The lowest BCUT2D eigenvalue weighted by atomic mass is 9.88. The van der Waals surface area contributed by atoms with Crippen LogP contribution in [-0.2, 0) is 6.42 Å². The third-order valence-corrected chi connectivity index (χ3v) is 4.68. The molecule has 2 unspecified atom stereocenters. The summed E-state index contributed by atoms with van der Waals surface area (Å²) in [6.07, 6.45) is 2.16. The fraction of sp³-hybridized carbons (Fsp3) is 0.562. The number of likely N-dealkylation sites (tertiary alicyclic amines) is 1. The van der Waals surface area contributed by atoms with Crippen LogP contribution in [0.3, 0.4) is 0 Å². The number of rotatable bonds is 1. The van der Waals surface area contributed by atoms with E-state index in [2.05, 4.69) is 25.2 Å². The number of fused-ring (bicyclic) bond motifs is 1. The number of nitrogens with zero attached hydrogens (tertiary/aromatic N) is 1. The van der Waals surface area contributed by atoms with Gasteiger partial charge in [-0.05, 0) is 48.4 Å².